The lowest BCUT2D eigenvalue weighted by Crippen LogP contribution is -2.50. The van der Waals surface area contributed by atoms with Crippen LogP contribution in [0.2, 0.25) is 0 Å². The van der Waals surface area contributed by atoms with Crippen LogP contribution in [0.5, 0.6) is 11.5 Å². The van der Waals surface area contributed by atoms with Gasteiger partial charge in [-0.05, 0) is 75.9 Å². The molecule has 3 aromatic rings. The fraction of sp³-hybridized carbons (Fsp3) is 0.333. The smallest absolute Gasteiger partial charge is 0.322 e. The Morgan fingerprint density at radius 1 is 0.591 bits per heavy atom. The summed E-state index contributed by atoms with van der Waals surface area (Å²) in [4.78, 5) is 25.9. The zero-order valence-electron chi connectivity index (χ0n) is 24.7. The second-order valence-corrected chi connectivity index (χ2v) is 15.0. The number of carbonyl (C=O) groups is 2. The molecule has 0 radical (unpaired) electrons. The van der Waals surface area contributed by atoms with E-state index in [1.165, 1.54) is 12.1 Å². The lowest BCUT2D eigenvalue weighted by Gasteiger charge is -2.30. The van der Waals surface area contributed by atoms with E-state index in [1.54, 1.807) is 12.1 Å². The van der Waals surface area contributed by atoms with Gasteiger partial charge < -0.3 is 20.1 Å². The number of halogens is 6. The highest BCUT2D eigenvalue weighted by Crippen LogP contribution is 2.38. The summed E-state index contributed by atoms with van der Waals surface area (Å²) in [5.41, 5.74) is 6.71. The van der Waals surface area contributed by atoms with Gasteiger partial charge in [0.25, 0.3) is 0 Å². The van der Waals surface area contributed by atoms with Crippen LogP contribution in [0.15, 0.2) is 48.5 Å². The first-order valence-corrected chi connectivity index (χ1v) is 15.5. The fourth-order valence-electron chi connectivity index (χ4n) is 4.55. The summed E-state index contributed by atoms with van der Waals surface area (Å²) in [5.74, 6) is 0.0250. The summed E-state index contributed by atoms with van der Waals surface area (Å²) in [5, 5.41) is 10.6. The Hall–Kier alpha value is -2.46. The van der Waals surface area contributed by atoms with Gasteiger partial charge in [0.05, 0.1) is 0 Å². The number of para-hydroxylation sites is 2. The molecule has 3 rings (SSSR count). The molecule has 4 amide bonds. The molecule has 0 aliphatic heterocycles. The standard InChI is InChI=1S/C30H32Cl6N4O4/c1-15-11-17(3)23(18(4)12-15)37-27(41)39-25(29(31,32)33)43-21-9-7-8-10-22(21)44-26(30(34,35)36)40-28(42)38-24-19(5)13-16(2)14-20(24)6/h7-14,25-26H,1-6H3,(H2,37,39,41)(H2,38,40,42)/t25-,26-/m0/s1. The normalized spacial score (nSPS) is 13.0. The van der Waals surface area contributed by atoms with Gasteiger partial charge in [-0.1, -0.05) is 117 Å². The molecule has 0 fully saturated rings. The molecule has 44 heavy (non-hydrogen) atoms. The number of benzene rings is 3. The minimum atomic E-state index is -2.13. The van der Waals surface area contributed by atoms with Gasteiger partial charge in [0.2, 0.25) is 20.0 Å². The molecule has 0 unspecified atom stereocenters. The summed E-state index contributed by atoms with van der Waals surface area (Å²) in [6, 6.07) is 12.5. The Morgan fingerprint density at radius 2 is 0.886 bits per heavy atom. The van der Waals surface area contributed by atoms with Crippen LogP contribution in [0.1, 0.15) is 33.4 Å². The van der Waals surface area contributed by atoms with Gasteiger partial charge in [0.15, 0.2) is 11.5 Å². The number of hydrogen-bond acceptors (Lipinski definition) is 4. The van der Waals surface area contributed by atoms with Gasteiger partial charge in [-0.3, -0.25) is 10.6 Å². The highest BCUT2D eigenvalue weighted by molar-refractivity contribution is 6.68. The predicted molar refractivity (Wildman–Crippen MR) is 181 cm³/mol. The molecule has 0 spiro atoms. The lowest BCUT2D eigenvalue weighted by molar-refractivity contribution is 0.140. The van der Waals surface area contributed by atoms with Gasteiger partial charge in [0, 0.05) is 11.4 Å². The molecular weight excluding hydrogens is 693 g/mol. The van der Waals surface area contributed by atoms with Gasteiger partial charge in [-0.25, -0.2) is 9.59 Å². The molecule has 8 nitrogen and oxygen atoms in total. The number of alkyl halides is 6. The van der Waals surface area contributed by atoms with Gasteiger partial charge in [-0.15, -0.1) is 0 Å². The molecule has 0 aliphatic carbocycles. The fourth-order valence-corrected chi connectivity index (χ4v) is 5.14. The second-order valence-electron chi connectivity index (χ2n) is 10.3. The van der Waals surface area contributed by atoms with E-state index in [2.05, 4.69) is 21.3 Å². The van der Waals surface area contributed by atoms with Crippen molar-refractivity contribution in [1.29, 1.82) is 0 Å². The van der Waals surface area contributed by atoms with Crippen molar-refractivity contribution in [3.05, 3.63) is 81.9 Å². The average Bonchev–Trinajstić information content (AvgIpc) is 2.87. The van der Waals surface area contributed by atoms with Crippen molar-refractivity contribution < 1.29 is 19.1 Å². The van der Waals surface area contributed by atoms with E-state index in [0.29, 0.717) is 11.4 Å². The van der Waals surface area contributed by atoms with Crippen LogP contribution in [0.25, 0.3) is 0 Å². The third-order valence-electron chi connectivity index (χ3n) is 6.29. The second kappa shape index (κ2) is 14.8. The van der Waals surface area contributed by atoms with E-state index < -0.39 is 32.1 Å². The van der Waals surface area contributed by atoms with Crippen molar-refractivity contribution in [1.82, 2.24) is 10.6 Å². The SMILES string of the molecule is Cc1cc(C)c(NC(=O)N[C@@H](Oc2ccccc2O[C@H](NC(=O)Nc2c(C)cc(C)cc2C)C(Cl)(Cl)Cl)C(Cl)(Cl)Cl)c(C)c1. The summed E-state index contributed by atoms with van der Waals surface area (Å²) in [7, 11) is 0. The van der Waals surface area contributed by atoms with Crippen molar-refractivity contribution in [2.75, 3.05) is 10.6 Å². The zero-order valence-corrected chi connectivity index (χ0v) is 29.2. The van der Waals surface area contributed by atoms with E-state index in [1.807, 2.05) is 65.8 Å². The summed E-state index contributed by atoms with van der Waals surface area (Å²) < 4.78 is 7.56. The van der Waals surface area contributed by atoms with Gasteiger partial charge >= 0.3 is 12.1 Å². The quantitative estimate of drug-likeness (QED) is 0.137. The monoisotopic (exact) mass is 722 g/mol. The number of anilines is 2. The molecule has 0 aromatic heterocycles. The minimum Gasteiger partial charge on any atom is -0.462 e. The van der Waals surface area contributed by atoms with Crippen molar-refractivity contribution in [2.45, 2.75) is 61.6 Å². The van der Waals surface area contributed by atoms with Crippen LogP contribution in [0, 0.1) is 41.5 Å². The average molecular weight is 725 g/mol. The van der Waals surface area contributed by atoms with E-state index in [9.17, 15) is 9.59 Å². The van der Waals surface area contributed by atoms with Crippen LogP contribution in [-0.2, 0) is 0 Å². The maximum atomic E-state index is 13.0. The Kier molecular flexibility index (Phi) is 12.1. The topological polar surface area (TPSA) is 101 Å². The molecular formula is C30H32Cl6N4O4. The number of nitrogens with one attached hydrogen (secondary N) is 4. The van der Waals surface area contributed by atoms with Crippen LogP contribution in [-0.4, -0.2) is 32.1 Å². The van der Waals surface area contributed by atoms with Crippen LogP contribution >= 0.6 is 69.6 Å². The summed E-state index contributed by atoms with van der Waals surface area (Å²) in [6.45, 7) is 11.4. The van der Waals surface area contributed by atoms with Crippen molar-refractivity contribution >= 4 is 93.0 Å². The molecule has 14 heteroatoms. The van der Waals surface area contributed by atoms with Gasteiger partial charge in [-0.2, -0.15) is 0 Å². The molecule has 0 heterocycles. The third kappa shape index (κ3) is 10.0. The Morgan fingerprint density at radius 3 is 1.16 bits per heavy atom. The molecule has 0 saturated heterocycles. The number of aryl methyl sites for hydroxylation is 6. The molecule has 0 saturated carbocycles. The third-order valence-corrected chi connectivity index (χ3v) is 7.48. The zero-order chi connectivity index (χ0) is 33.0. The van der Waals surface area contributed by atoms with E-state index in [0.717, 1.165) is 33.4 Å². The first kappa shape index (κ1) is 36.0. The number of hydrogen-bond donors (Lipinski definition) is 4. The minimum absolute atomic E-state index is 0.0125. The van der Waals surface area contributed by atoms with E-state index in [4.69, 9.17) is 79.1 Å². The molecule has 238 valence electrons. The Bertz CT molecular complexity index is 1370. The van der Waals surface area contributed by atoms with E-state index in [-0.39, 0.29) is 11.5 Å². The molecule has 0 aliphatic rings. The van der Waals surface area contributed by atoms with Crippen LogP contribution < -0.4 is 30.7 Å². The number of amides is 4. The van der Waals surface area contributed by atoms with Crippen LogP contribution in [0.3, 0.4) is 0 Å². The maximum absolute atomic E-state index is 13.0. The number of urea groups is 2. The van der Waals surface area contributed by atoms with E-state index >= 15 is 0 Å². The summed E-state index contributed by atoms with van der Waals surface area (Å²) in [6.07, 6.45) is -3.00. The highest BCUT2D eigenvalue weighted by atomic mass is 35.6. The first-order chi connectivity index (χ1) is 20.3. The van der Waals surface area contributed by atoms with Crippen LogP contribution in [0.4, 0.5) is 21.0 Å². The highest BCUT2D eigenvalue weighted by Gasteiger charge is 2.39. The molecule has 4 N–H and O–H groups in total. The molecule has 2 atom stereocenters. The Labute approximate surface area is 286 Å². The van der Waals surface area contributed by atoms with Crippen molar-refractivity contribution in [3.8, 4) is 11.5 Å². The van der Waals surface area contributed by atoms with Gasteiger partial charge in [0.1, 0.15) is 0 Å². The Balaban J connectivity index is 1.80. The van der Waals surface area contributed by atoms with Crippen molar-refractivity contribution in [3.63, 3.8) is 0 Å². The lowest BCUT2D eigenvalue weighted by atomic mass is 10.1. The predicted octanol–water partition coefficient (Wildman–Crippen LogP) is 9.33. The molecule has 0 bridgehead atoms. The summed E-state index contributed by atoms with van der Waals surface area (Å²) >= 11 is 37.1. The molecule has 3 aromatic carbocycles. The largest absolute Gasteiger partial charge is 0.462 e. The number of ether oxygens (including phenoxy) is 2. The van der Waals surface area contributed by atoms with Crippen molar-refractivity contribution in [2.24, 2.45) is 0 Å². The number of carbonyl (C=O) groups excluding carboxylic acids is 2. The maximum Gasteiger partial charge on any atom is 0.322 e. The first-order valence-electron chi connectivity index (χ1n) is 13.2. The number of rotatable bonds is 8.